The first-order valence-corrected chi connectivity index (χ1v) is 5.66. The zero-order valence-corrected chi connectivity index (χ0v) is 9.49. The van der Waals surface area contributed by atoms with Crippen LogP contribution >= 0.6 is 0 Å². The van der Waals surface area contributed by atoms with Crippen LogP contribution in [0, 0.1) is 6.92 Å². The molecule has 16 heavy (non-hydrogen) atoms. The Bertz CT molecular complexity index is 420. The smallest absolute Gasteiger partial charge is 0.335 e. The lowest BCUT2D eigenvalue weighted by Gasteiger charge is -2.24. The van der Waals surface area contributed by atoms with Crippen LogP contribution in [0.4, 0.5) is 0 Å². The molecule has 0 atom stereocenters. The molecule has 86 valence electrons. The fourth-order valence-electron chi connectivity index (χ4n) is 2.46. The zero-order chi connectivity index (χ0) is 11.8. The normalized spacial score (nSPS) is 18.6. The van der Waals surface area contributed by atoms with E-state index in [0.29, 0.717) is 5.56 Å². The second-order valence-electron chi connectivity index (χ2n) is 4.70. The lowest BCUT2D eigenvalue weighted by atomic mass is 9.87. The molecule has 0 saturated heterocycles. The van der Waals surface area contributed by atoms with Crippen LogP contribution in [0.1, 0.15) is 47.2 Å². The summed E-state index contributed by atoms with van der Waals surface area (Å²) in [6, 6.07) is 5.56. The van der Waals surface area contributed by atoms with E-state index in [1.165, 1.54) is 0 Å². The van der Waals surface area contributed by atoms with Crippen LogP contribution in [0.2, 0.25) is 0 Å². The number of carbonyl (C=O) groups is 1. The fraction of sp³-hybridized carbons (Fsp3) is 0.462. The number of hydrogen-bond donors (Lipinski definition) is 2. The van der Waals surface area contributed by atoms with Gasteiger partial charge in [-0.05, 0) is 37.0 Å². The van der Waals surface area contributed by atoms with E-state index >= 15 is 0 Å². The SMILES string of the molecule is Cc1ccc(C2(N)CCCC2)cc1C(=O)O. The van der Waals surface area contributed by atoms with E-state index < -0.39 is 5.97 Å². The van der Waals surface area contributed by atoms with Crippen molar-refractivity contribution in [2.45, 2.75) is 38.1 Å². The van der Waals surface area contributed by atoms with E-state index in [0.717, 1.165) is 36.8 Å². The van der Waals surface area contributed by atoms with Gasteiger partial charge in [-0.2, -0.15) is 0 Å². The number of rotatable bonds is 2. The molecule has 2 rings (SSSR count). The Morgan fingerprint density at radius 3 is 2.56 bits per heavy atom. The highest BCUT2D eigenvalue weighted by atomic mass is 16.4. The van der Waals surface area contributed by atoms with Crippen LogP contribution in [0.25, 0.3) is 0 Å². The van der Waals surface area contributed by atoms with Gasteiger partial charge in [0.05, 0.1) is 5.56 Å². The molecule has 3 heteroatoms. The van der Waals surface area contributed by atoms with Gasteiger partial charge in [-0.3, -0.25) is 0 Å². The van der Waals surface area contributed by atoms with Gasteiger partial charge in [0, 0.05) is 5.54 Å². The van der Waals surface area contributed by atoms with Crippen molar-refractivity contribution in [3.8, 4) is 0 Å². The predicted molar refractivity (Wildman–Crippen MR) is 62.5 cm³/mol. The minimum Gasteiger partial charge on any atom is -0.478 e. The van der Waals surface area contributed by atoms with Gasteiger partial charge in [0.25, 0.3) is 0 Å². The van der Waals surface area contributed by atoms with Crippen molar-refractivity contribution in [2.75, 3.05) is 0 Å². The van der Waals surface area contributed by atoms with Crippen molar-refractivity contribution < 1.29 is 9.90 Å². The first-order chi connectivity index (χ1) is 7.53. The summed E-state index contributed by atoms with van der Waals surface area (Å²) in [6.07, 6.45) is 4.17. The maximum atomic E-state index is 11.1. The van der Waals surface area contributed by atoms with Crippen LogP contribution in [0.15, 0.2) is 18.2 Å². The number of hydrogen-bond acceptors (Lipinski definition) is 2. The average Bonchev–Trinajstić information content (AvgIpc) is 2.66. The minimum absolute atomic E-state index is 0.308. The number of benzene rings is 1. The van der Waals surface area contributed by atoms with Gasteiger partial charge in [0.2, 0.25) is 0 Å². The highest BCUT2D eigenvalue weighted by Gasteiger charge is 2.31. The van der Waals surface area contributed by atoms with E-state index in [1.807, 2.05) is 19.1 Å². The molecule has 1 aliphatic carbocycles. The van der Waals surface area contributed by atoms with Gasteiger partial charge in [0.1, 0.15) is 0 Å². The monoisotopic (exact) mass is 219 g/mol. The van der Waals surface area contributed by atoms with Crippen molar-refractivity contribution in [3.63, 3.8) is 0 Å². The van der Waals surface area contributed by atoms with Crippen LogP contribution in [-0.4, -0.2) is 11.1 Å². The van der Waals surface area contributed by atoms with Gasteiger partial charge < -0.3 is 10.8 Å². The third-order valence-electron chi connectivity index (χ3n) is 3.54. The Labute approximate surface area is 95.3 Å². The molecule has 0 amide bonds. The Morgan fingerprint density at radius 1 is 1.38 bits per heavy atom. The molecule has 0 aromatic heterocycles. The van der Waals surface area contributed by atoms with Crippen LogP contribution in [0.5, 0.6) is 0 Å². The topological polar surface area (TPSA) is 63.3 Å². The molecule has 3 N–H and O–H groups in total. The maximum absolute atomic E-state index is 11.1. The zero-order valence-electron chi connectivity index (χ0n) is 9.49. The van der Waals surface area contributed by atoms with Crippen molar-refractivity contribution in [2.24, 2.45) is 5.73 Å². The summed E-state index contributed by atoms with van der Waals surface area (Å²) in [5.41, 5.74) is 8.12. The summed E-state index contributed by atoms with van der Waals surface area (Å²) >= 11 is 0. The Kier molecular flexibility index (Phi) is 2.72. The second kappa shape index (κ2) is 3.91. The Morgan fingerprint density at radius 2 is 2.00 bits per heavy atom. The van der Waals surface area contributed by atoms with Crippen molar-refractivity contribution in [3.05, 3.63) is 34.9 Å². The third-order valence-corrected chi connectivity index (χ3v) is 3.54. The molecule has 0 heterocycles. The molecule has 1 aromatic carbocycles. The minimum atomic E-state index is -0.874. The lowest BCUT2D eigenvalue weighted by molar-refractivity contribution is 0.0696. The summed E-state index contributed by atoms with van der Waals surface area (Å²) < 4.78 is 0. The molecule has 3 nitrogen and oxygen atoms in total. The standard InChI is InChI=1S/C13H17NO2/c1-9-4-5-10(8-11(9)12(15)16)13(14)6-2-3-7-13/h4-5,8H,2-3,6-7,14H2,1H3,(H,15,16). The van der Waals surface area contributed by atoms with Crippen LogP contribution in [0.3, 0.4) is 0 Å². The van der Waals surface area contributed by atoms with Gasteiger partial charge in [-0.1, -0.05) is 25.0 Å². The third kappa shape index (κ3) is 1.83. The molecular formula is C13H17NO2. The molecule has 1 aliphatic rings. The van der Waals surface area contributed by atoms with Crippen LogP contribution < -0.4 is 5.73 Å². The molecule has 1 aromatic rings. The molecular weight excluding hydrogens is 202 g/mol. The van der Waals surface area contributed by atoms with Gasteiger partial charge in [-0.25, -0.2) is 4.79 Å². The number of carboxylic acids is 1. The van der Waals surface area contributed by atoms with Crippen molar-refractivity contribution in [1.29, 1.82) is 0 Å². The number of aryl methyl sites for hydroxylation is 1. The van der Waals surface area contributed by atoms with E-state index in [-0.39, 0.29) is 5.54 Å². The first-order valence-electron chi connectivity index (χ1n) is 5.66. The number of nitrogens with two attached hydrogens (primary N) is 1. The van der Waals surface area contributed by atoms with E-state index in [1.54, 1.807) is 6.07 Å². The fourth-order valence-corrected chi connectivity index (χ4v) is 2.46. The molecule has 0 spiro atoms. The largest absolute Gasteiger partial charge is 0.478 e. The van der Waals surface area contributed by atoms with Crippen LogP contribution in [-0.2, 0) is 5.54 Å². The van der Waals surface area contributed by atoms with E-state index in [4.69, 9.17) is 10.8 Å². The number of carboxylic acid groups (broad SMARTS) is 1. The molecule has 0 bridgehead atoms. The quantitative estimate of drug-likeness (QED) is 0.802. The first kappa shape index (κ1) is 11.1. The summed E-state index contributed by atoms with van der Waals surface area (Å²) in [4.78, 5) is 11.1. The lowest BCUT2D eigenvalue weighted by Crippen LogP contribution is -2.33. The van der Waals surface area contributed by atoms with Gasteiger partial charge in [0.15, 0.2) is 0 Å². The summed E-state index contributed by atoms with van der Waals surface area (Å²) in [6.45, 7) is 1.81. The van der Waals surface area contributed by atoms with Gasteiger partial charge >= 0.3 is 5.97 Å². The molecule has 1 fully saturated rings. The van der Waals surface area contributed by atoms with Crippen molar-refractivity contribution >= 4 is 5.97 Å². The molecule has 1 saturated carbocycles. The predicted octanol–water partition coefficient (Wildman–Crippen LogP) is 2.42. The Balaban J connectivity index is 2.43. The van der Waals surface area contributed by atoms with E-state index in [2.05, 4.69) is 0 Å². The average molecular weight is 219 g/mol. The maximum Gasteiger partial charge on any atom is 0.335 e. The van der Waals surface area contributed by atoms with Crippen molar-refractivity contribution in [1.82, 2.24) is 0 Å². The Hall–Kier alpha value is -1.35. The molecule has 0 radical (unpaired) electrons. The summed E-state index contributed by atoms with van der Waals surface area (Å²) in [7, 11) is 0. The highest BCUT2D eigenvalue weighted by molar-refractivity contribution is 5.89. The molecule has 0 aliphatic heterocycles. The molecule has 0 unspecified atom stereocenters. The summed E-state index contributed by atoms with van der Waals surface area (Å²) in [5, 5.41) is 9.08. The van der Waals surface area contributed by atoms with Gasteiger partial charge in [-0.15, -0.1) is 0 Å². The second-order valence-corrected chi connectivity index (χ2v) is 4.70. The number of aromatic carboxylic acids is 1. The highest BCUT2D eigenvalue weighted by Crippen LogP contribution is 2.36. The van der Waals surface area contributed by atoms with E-state index in [9.17, 15) is 4.79 Å². The summed E-state index contributed by atoms with van der Waals surface area (Å²) in [5.74, 6) is -0.874.